The third-order valence-electron chi connectivity index (χ3n) is 6.46. The van der Waals surface area contributed by atoms with Crippen LogP contribution in [0, 0.1) is 12.7 Å². The number of benzene rings is 2. The van der Waals surface area contributed by atoms with Crippen LogP contribution in [0.25, 0.3) is 32.7 Å². The number of piperazine rings is 1. The maximum absolute atomic E-state index is 13.4. The zero-order chi connectivity index (χ0) is 23.8. The standard InChI is InChI=1S/C28H24FN5S/c1-19-24(20-6-3-2-4-7-20)25-27(31-26(32-28(25)35-19)21-8-5-13-30-18-21)34-16-14-33(15-17-34)23-11-9-22(29)10-12-23/h2-13,18H,14-17H2,1H3. The summed E-state index contributed by atoms with van der Waals surface area (Å²) in [4.78, 5) is 21.3. The van der Waals surface area contributed by atoms with Gasteiger partial charge in [0.25, 0.3) is 0 Å². The minimum absolute atomic E-state index is 0.208. The van der Waals surface area contributed by atoms with Crippen LogP contribution in [0.1, 0.15) is 4.88 Å². The predicted octanol–water partition coefficient (Wildman–Crippen LogP) is 6.19. The summed E-state index contributed by atoms with van der Waals surface area (Å²) in [5.41, 5.74) is 4.35. The fraction of sp³-hybridized carbons (Fsp3) is 0.179. The van der Waals surface area contributed by atoms with E-state index in [1.807, 2.05) is 36.5 Å². The van der Waals surface area contributed by atoms with Crippen molar-refractivity contribution >= 4 is 33.1 Å². The van der Waals surface area contributed by atoms with Crippen LogP contribution in [0.2, 0.25) is 0 Å². The summed E-state index contributed by atoms with van der Waals surface area (Å²) < 4.78 is 13.4. The predicted molar refractivity (Wildman–Crippen MR) is 142 cm³/mol. The first kappa shape index (κ1) is 21.7. The van der Waals surface area contributed by atoms with E-state index in [-0.39, 0.29) is 5.82 Å². The fourth-order valence-corrected chi connectivity index (χ4v) is 5.77. The van der Waals surface area contributed by atoms with E-state index in [1.165, 1.54) is 28.1 Å². The van der Waals surface area contributed by atoms with Crippen molar-refractivity contribution in [1.82, 2.24) is 15.0 Å². The zero-order valence-corrected chi connectivity index (χ0v) is 20.2. The molecule has 1 aliphatic heterocycles. The van der Waals surface area contributed by atoms with Gasteiger partial charge in [0.1, 0.15) is 16.5 Å². The average Bonchev–Trinajstić information content (AvgIpc) is 3.25. The van der Waals surface area contributed by atoms with E-state index in [9.17, 15) is 4.39 Å². The lowest BCUT2D eigenvalue weighted by Crippen LogP contribution is -2.47. The number of thiophene rings is 1. The molecule has 1 saturated heterocycles. The maximum atomic E-state index is 13.4. The number of aromatic nitrogens is 3. The normalized spacial score (nSPS) is 14.0. The zero-order valence-electron chi connectivity index (χ0n) is 19.4. The van der Waals surface area contributed by atoms with Gasteiger partial charge in [-0.05, 0) is 48.9 Å². The van der Waals surface area contributed by atoms with Gasteiger partial charge in [-0.15, -0.1) is 11.3 Å². The molecule has 0 bridgehead atoms. The molecule has 0 radical (unpaired) electrons. The molecule has 0 atom stereocenters. The van der Waals surface area contributed by atoms with Crippen LogP contribution in [0.3, 0.4) is 0 Å². The topological polar surface area (TPSA) is 45.2 Å². The van der Waals surface area contributed by atoms with Gasteiger partial charge in [0.15, 0.2) is 5.82 Å². The lowest BCUT2D eigenvalue weighted by molar-refractivity contribution is 0.624. The quantitative estimate of drug-likeness (QED) is 0.306. The second kappa shape index (κ2) is 9.07. The Labute approximate surface area is 207 Å². The smallest absolute Gasteiger partial charge is 0.164 e. The lowest BCUT2D eigenvalue weighted by atomic mass is 10.0. The summed E-state index contributed by atoms with van der Waals surface area (Å²) in [7, 11) is 0. The number of pyridine rings is 1. The first-order chi connectivity index (χ1) is 17.2. The van der Waals surface area contributed by atoms with Gasteiger partial charge in [0.05, 0.1) is 5.39 Å². The highest BCUT2D eigenvalue weighted by Crippen LogP contribution is 2.42. The Hall–Kier alpha value is -3.84. The average molecular weight is 482 g/mol. The van der Waals surface area contributed by atoms with Crippen molar-refractivity contribution in [1.29, 1.82) is 0 Å². The molecule has 1 aliphatic rings. The van der Waals surface area contributed by atoms with Gasteiger partial charge >= 0.3 is 0 Å². The Kier molecular flexibility index (Phi) is 5.62. The highest BCUT2D eigenvalue weighted by atomic mass is 32.1. The number of nitrogens with zero attached hydrogens (tertiary/aromatic N) is 5. The number of hydrogen-bond acceptors (Lipinski definition) is 6. The summed E-state index contributed by atoms with van der Waals surface area (Å²) >= 11 is 1.72. The maximum Gasteiger partial charge on any atom is 0.164 e. The Morgan fingerprint density at radius 2 is 1.51 bits per heavy atom. The molecule has 3 aromatic heterocycles. The van der Waals surface area contributed by atoms with Crippen LogP contribution in [0.5, 0.6) is 0 Å². The number of rotatable bonds is 4. The molecule has 0 aliphatic carbocycles. The van der Waals surface area contributed by atoms with Crippen molar-refractivity contribution in [3.63, 3.8) is 0 Å². The van der Waals surface area contributed by atoms with Gasteiger partial charge in [0, 0.05) is 60.3 Å². The molecule has 35 heavy (non-hydrogen) atoms. The van der Waals surface area contributed by atoms with Gasteiger partial charge in [-0.1, -0.05) is 30.3 Å². The third-order valence-corrected chi connectivity index (χ3v) is 7.46. The fourth-order valence-electron chi connectivity index (χ4n) is 4.73. The summed E-state index contributed by atoms with van der Waals surface area (Å²) in [5, 5.41) is 1.11. The van der Waals surface area contributed by atoms with E-state index < -0.39 is 0 Å². The van der Waals surface area contributed by atoms with E-state index in [1.54, 1.807) is 17.5 Å². The van der Waals surface area contributed by atoms with Gasteiger partial charge in [-0.25, -0.2) is 14.4 Å². The van der Waals surface area contributed by atoms with Crippen molar-refractivity contribution in [2.45, 2.75) is 6.92 Å². The Morgan fingerprint density at radius 1 is 0.800 bits per heavy atom. The molecule has 6 rings (SSSR count). The first-order valence-corrected chi connectivity index (χ1v) is 12.5. The Balaban J connectivity index is 1.44. The molecule has 0 spiro atoms. The number of hydrogen-bond donors (Lipinski definition) is 0. The van der Waals surface area contributed by atoms with E-state index in [2.05, 4.69) is 46.0 Å². The summed E-state index contributed by atoms with van der Waals surface area (Å²) in [6.45, 7) is 5.47. The first-order valence-electron chi connectivity index (χ1n) is 11.7. The Morgan fingerprint density at radius 3 is 2.23 bits per heavy atom. The Bertz CT molecular complexity index is 1460. The van der Waals surface area contributed by atoms with Gasteiger partial charge in [0.2, 0.25) is 0 Å². The lowest BCUT2D eigenvalue weighted by Gasteiger charge is -2.37. The number of halogens is 1. The van der Waals surface area contributed by atoms with Crippen molar-refractivity contribution in [3.05, 3.63) is 89.8 Å². The minimum Gasteiger partial charge on any atom is -0.368 e. The van der Waals surface area contributed by atoms with E-state index in [4.69, 9.17) is 9.97 Å². The molecule has 1 fully saturated rings. The van der Waals surface area contributed by atoms with Crippen LogP contribution < -0.4 is 9.80 Å². The van der Waals surface area contributed by atoms with E-state index in [0.717, 1.165) is 53.5 Å². The van der Waals surface area contributed by atoms with Crippen LogP contribution in [-0.4, -0.2) is 41.1 Å². The van der Waals surface area contributed by atoms with Gasteiger partial charge in [-0.2, -0.15) is 0 Å². The van der Waals surface area contributed by atoms with E-state index >= 15 is 0 Å². The molecule has 0 N–H and O–H groups in total. The summed E-state index contributed by atoms with van der Waals surface area (Å²) in [6, 6.07) is 21.2. The molecule has 7 heteroatoms. The number of fused-ring (bicyclic) bond motifs is 1. The van der Waals surface area contributed by atoms with Crippen LogP contribution in [0.15, 0.2) is 79.1 Å². The van der Waals surface area contributed by atoms with Crippen molar-refractivity contribution in [2.24, 2.45) is 0 Å². The molecule has 174 valence electrons. The van der Waals surface area contributed by atoms with Gasteiger partial charge < -0.3 is 9.80 Å². The summed E-state index contributed by atoms with van der Waals surface area (Å²) in [5.74, 6) is 1.46. The highest BCUT2D eigenvalue weighted by molar-refractivity contribution is 7.19. The molecular formula is C28H24FN5S. The SMILES string of the molecule is Cc1sc2nc(-c3cccnc3)nc(N3CCN(c4ccc(F)cc4)CC3)c2c1-c1ccccc1. The molecular weight excluding hydrogens is 457 g/mol. The third kappa shape index (κ3) is 4.12. The molecule has 0 amide bonds. The molecule has 4 heterocycles. The monoisotopic (exact) mass is 481 g/mol. The highest BCUT2D eigenvalue weighted by Gasteiger charge is 2.25. The number of aryl methyl sites for hydroxylation is 1. The molecule has 0 unspecified atom stereocenters. The van der Waals surface area contributed by atoms with Crippen LogP contribution >= 0.6 is 11.3 Å². The van der Waals surface area contributed by atoms with Crippen molar-refractivity contribution < 1.29 is 4.39 Å². The second-order valence-electron chi connectivity index (χ2n) is 8.64. The largest absolute Gasteiger partial charge is 0.368 e. The molecule has 5 aromatic rings. The molecule has 0 saturated carbocycles. The second-order valence-corrected chi connectivity index (χ2v) is 9.85. The molecule has 5 nitrogen and oxygen atoms in total. The van der Waals surface area contributed by atoms with Crippen LogP contribution in [-0.2, 0) is 0 Å². The van der Waals surface area contributed by atoms with E-state index in [0.29, 0.717) is 5.82 Å². The number of anilines is 2. The van der Waals surface area contributed by atoms with Crippen LogP contribution in [0.4, 0.5) is 15.9 Å². The van der Waals surface area contributed by atoms with Crippen molar-refractivity contribution in [2.75, 3.05) is 36.0 Å². The summed E-state index contributed by atoms with van der Waals surface area (Å²) in [6.07, 6.45) is 3.58. The minimum atomic E-state index is -0.208. The van der Waals surface area contributed by atoms with Crippen molar-refractivity contribution in [3.8, 4) is 22.5 Å². The molecule has 2 aromatic carbocycles. The van der Waals surface area contributed by atoms with Gasteiger partial charge in [-0.3, -0.25) is 4.98 Å².